The molecule has 0 fully saturated rings. The molecule has 11 heteroatoms. The molecule has 0 spiro atoms. The molecule has 0 N–H and O–H groups in total. The summed E-state index contributed by atoms with van der Waals surface area (Å²) in [6.07, 6.45) is 3.31. The van der Waals surface area contributed by atoms with Gasteiger partial charge in [0, 0.05) is 17.7 Å². The van der Waals surface area contributed by atoms with Crippen molar-refractivity contribution >= 4 is 28.8 Å². The molecule has 5 aromatic rings. The first kappa shape index (κ1) is 28.4. The van der Waals surface area contributed by atoms with E-state index in [4.69, 9.17) is 23.6 Å². The third kappa shape index (κ3) is 4.81. The standard InChI is InChI=1S/C34H27N3O7S/c1-41-27-14-9-20(16-29(27)43-3)32-25-12-8-19-6-4-5-7-23(19)31(25)35-34-36(32)33(38)30(45-34)18-22-11-15-26(44-22)24-13-10-21(37(39)40)17-28(24)42-2/h4-7,9-11,13-18,32H,8,12H2,1-3H3/b30-18+/t32-/m1/s1. The van der Waals surface area contributed by atoms with Crippen LogP contribution in [0, 0.1) is 10.1 Å². The van der Waals surface area contributed by atoms with Crippen LogP contribution in [0.15, 0.2) is 92.6 Å². The predicted octanol–water partition coefficient (Wildman–Crippen LogP) is 5.51. The van der Waals surface area contributed by atoms with Crippen LogP contribution in [0.2, 0.25) is 0 Å². The molecule has 1 atom stereocenters. The summed E-state index contributed by atoms with van der Waals surface area (Å²) >= 11 is 1.30. The van der Waals surface area contributed by atoms with Crippen LogP contribution in [0.4, 0.5) is 5.69 Å². The van der Waals surface area contributed by atoms with Gasteiger partial charge in [-0.1, -0.05) is 41.7 Å². The van der Waals surface area contributed by atoms with E-state index in [1.807, 2.05) is 30.3 Å². The Hall–Kier alpha value is -5.42. The molecule has 10 nitrogen and oxygen atoms in total. The summed E-state index contributed by atoms with van der Waals surface area (Å²) in [7, 11) is 4.63. The number of hydrogen-bond donors (Lipinski definition) is 0. The summed E-state index contributed by atoms with van der Waals surface area (Å²) in [4.78, 5) is 30.6. The van der Waals surface area contributed by atoms with Crippen molar-refractivity contribution in [2.24, 2.45) is 4.99 Å². The van der Waals surface area contributed by atoms with Crippen LogP contribution < -0.4 is 29.1 Å². The smallest absolute Gasteiger partial charge is 0.273 e. The van der Waals surface area contributed by atoms with Gasteiger partial charge in [-0.2, -0.15) is 0 Å². The monoisotopic (exact) mass is 621 g/mol. The van der Waals surface area contributed by atoms with Crippen molar-refractivity contribution < 1.29 is 23.6 Å². The second-order valence-electron chi connectivity index (χ2n) is 10.6. The van der Waals surface area contributed by atoms with Gasteiger partial charge >= 0.3 is 0 Å². The Balaban J connectivity index is 1.37. The van der Waals surface area contributed by atoms with Crippen molar-refractivity contribution in [1.82, 2.24) is 4.57 Å². The molecule has 0 saturated carbocycles. The topological polar surface area (TPSA) is 118 Å². The Morgan fingerprint density at radius 2 is 1.73 bits per heavy atom. The number of aryl methyl sites for hydroxylation is 1. The van der Waals surface area contributed by atoms with E-state index in [2.05, 4.69) is 12.1 Å². The highest BCUT2D eigenvalue weighted by atomic mass is 32.1. The first-order chi connectivity index (χ1) is 21.9. The number of fused-ring (bicyclic) bond motifs is 3. The Labute approximate surface area is 260 Å². The molecular formula is C34H27N3O7S. The van der Waals surface area contributed by atoms with Crippen LogP contribution in [-0.2, 0) is 6.42 Å². The van der Waals surface area contributed by atoms with E-state index in [0.29, 0.717) is 43.7 Å². The summed E-state index contributed by atoms with van der Waals surface area (Å²) in [6, 6.07) is 21.5. The van der Waals surface area contributed by atoms with Gasteiger partial charge in [-0.3, -0.25) is 19.5 Å². The second-order valence-corrected chi connectivity index (χ2v) is 11.6. The van der Waals surface area contributed by atoms with Crippen LogP contribution in [-0.4, -0.2) is 30.8 Å². The van der Waals surface area contributed by atoms with E-state index in [9.17, 15) is 14.9 Å². The highest BCUT2D eigenvalue weighted by molar-refractivity contribution is 7.07. The van der Waals surface area contributed by atoms with Crippen molar-refractivity contribution in [3.8, 4) is 28.6 Å². The van der Waals surface area contributed by atoms with E-state index in [1.165, 1.54) is 36.1 Å². The van der Waals surface area contributed by atoms with E-state index in [-0.39, 0.29) is 17.3 Å². The van der Waals surface area contributed by atoms with Gasteiger partial charge in [0.25, 0.3) is 11.2 Å². The van der Waals surface area contributed by atoms with Gasteiger partial charge in [-0.15, -0.1) is 0 Å². The van der Waals surface area contributed by atoms with Gasteiger partial charge in [-0.25, -0.2) is 4.99 Å². The third-order valence-electron chi connectivity index (χ3n) is 8.16. The number of benzene rings is 3. The molecule has 0 saturated heterocycles. The van der Waals surface area contributed by atoms with E-state index < -0.39 is 4.92 Å². The zero-order valence-corrected chi connectivity index (χ0v) is 25.4. The van der Waals surface area contributed by atoms with Crippen LogP contribution in [0.25, 0.3) is 23.1 Å². The zero-order chi connectivity index (χ0) is 31.2. The maximum Gasteiger partial charge on any atom is 0.273 e. The molecule has 0 amide bonds. The number of aromatic nitrogens is 1. The van der Waals surface area contributed by atoms with Crippen molar-refractivity contribution in [2.75, 3.05) is 21.3 Å². The number of non-ortho nitro benzene ring substituents is 1. The molecule has 2 aromatic heterocycles. The lowest BCUT2D eigenvalue weighted by Gasteiger charge is -2.31. The van der Waals surface area contributed by atoms with Crippen molar-refractivity contribution in [3.05, 3.63) is 131 Å². The number of allylic oxidation sites excluding steroid dienone is 1. The minimum Gasteiger partial charge on any atom is -0.496 e. The molecule has 7 rings (SSSR count). The Kier molecular flexibility index (Phi) is 7.09. The molecule has 2 aliphatic rings. The maximum atomic E-state index is 14.2. The number of nitro groups is 1. The van der Waals surface area contributed by atoms with Gasteiger partial charge in [0.2, 0.25) is 0 Å². The number of ether oxygens (including phenoxy) is 3. The molecule has 226 valence electrons. The van der Waals surface area contributed by atoms with Crippen LogP contribution >= 0.6 is 11.3 Å². The zero-order valence-electron chi connectivity index (χ0n) is 24.6. The first-order valence-corrected chi connectivity index (χ1v) is 15.0. The summed E-state index contributed by atoms with van der Waals surface area (Å²) < 4.78 is 24.8. The molecule has 3 aromatic carbocycles. The Bertz CT molecular complexity index is 2210. The third-order valence-corrected chi connectivity index (χ3v) is 9.14. The normalized spacial score (nSPS) is 15.5. The number of hydrogen-bond acceptors (Lipinski definition) is 9. The second kappa shape index (κ2) is 11.3. The Morgan fingerprint density at radius 1 is 0.933 bits per heavy atom. The van der Waals surface area contributed by atoms with Crippen molar-refractivity contribution in [2.45, 2.75) is 18.9 Å². The van der Waals surface area contributed by atoms with Crippen LogP contribution in [0.3, 0.4) is 0 Å². The van der Waals surface area contributed by atoms with Crippen molar-refractivity contribution in [3.63, 3.8) is 0 Å². The summed E-state index contributed by atoms with van der Waals surface area (Å²) in [5, 5.41) is 11.2. The lowest BCUT2D eigenvalue weighted by molar-refractivity contribution is -0.384. The molecule has 45 heavy (non-hydrogen) atoms. The van der Waals surface area contributed by atoms with Gasteiger partial charge in [0.15, 0.2) is 16.3 Å². The largest absolute Gasteiger partial charge is 0.496 e. The minimum absolute atomic E-state index is 0.0853. The van der Waals surface area contributed by atoms with Gasteiger partial charge in [0.05, 0.1) is 54.2 Å². The molecule has 1 aliphatic heterocycles. The summed E-state index contributed by atoms with van der Waals surface area (Å²) in [5.41, 5.74) is 5.47. The lowest BCUT2D eigenvalue weighted by Crippen LogP contribution is -2.38. The molecule has 3 heterocycles. The molecule has 0 unspecified atom stereocenters. The number of nitro benzene ring substituents is 1. The highest BCUT2D eigenvalue weighted by Gasteiger charge is 2.33. The number of rotatable bonds is 7. The molecule has 1 aliphatic carbocycles. The van der Waals surface area contributed by atoms with E-state index in [1.54, 1.807) is 43.1 Å². The van der Waals surface area contributed by atoms with E-state index >= 15 is 0 Å². The van der Waals surface area contributed by atoms with E-state index in [0.717, 1.165) is 35.2 Å². The van der Waals surface area contributed by atoms with Crippen molar-refractivity contribution in [1.29, 1.82) is 0 Å². The fraction of sp³-hybridized carbons (Fsp3) is 0.176. The minimum atomic E-state index is -0.481. The van der Waals surface area contributed by atoms with Gasteiger partial charge < -0.3 is 18.6 Å². The highest BCUT2D eigenvalue weighted by Crippen LogP contribution is 2.43. The predicted molar refractivity (Wildman–Crippen MR) is 170 cm³/mol. The summed E-state index contributed by atoms with van der Waals surface area (Å²) in [5.74, 6) is 2.40. The number of nitrogens with zero attached hydrogens (tertiary/aromatic N) is 3. The average Bonchev–Trinajstić information content (AvgIpc) is 3.66. The van der Waals surface area contributed by atoms with Crippen LogP contribution in [0.1, 0.15) is 34.9 Å². The Morgan fingerprint density at radius 3 is 2.51 bits per heavy atom. The fourth-order valence-corrected chi connectivity index (χ4v) is 7.03. The fourth-order valence-electron chi connectivity index (χ4n) is 6.05. The molecule has 0 bridgehead atoms. The number of thiazole rings is 1. The first-order valence-electron chi connectivity index (χ1n) is 14.2. The number of methoxy groups -OCH3 is 3. The lowest BCUT2D eigenvalue weighted by atomic mass is 9.83. The number of furan rings is 1. The maximum absolute atomic E-state index is 14.2. The van der Waals surface area contributed by atoms with Crippen LogP contribution in [0.5, 0.6) is 17.2 Å². The van der Waals surface area contributed by atoms with Gasteiger partial charge in [-0.05, 0) is 59.9 Å². The SMILES string of the molecule is COc1ccc([C@@H]2C3=C(N=c4s/c(=C/c5ccc(-c6ccc([N+](=O)[O-])cc6OC)o5)c(=O)n42)c2ccccc2CC3)cc1OC. The average molecular weight is 622 g/mol. The van der Waals surface area contributed by atoms with Gasteiger partial charge in [0.1, 0.15) is 17.3 Å². The quantitative estimate of drug-likeness (QED) is 0.174. The summed E-state index contributed by atoms with van der Waals surface area (Å²) in [6.45, 7) is 0. The molecule has 0 radical (unpaired) electrons. The molecular weight excluding hydrogens is 594 g/mol.